The molecule has 2 nitrogen and oxygen atoms in total. The number of hydrogen-bond acceptors (Lipinski definition) is 1. The quantitative estimate of drug-likeness (QED) is 0.169. The summed E-state index contributed by atoms with van der Waals surface area (Å²) < 4.78 is 10.5. The average Bonchev–Trinajstić information content (AvgIpc) is 2.46. The van der Waals surface area contributed by atoms with E-state index in [2.05, 4.69) is 6.92 Å². The summed E-state index contributed by atoms with van der Waals surface area (Å²) in [5.74, 6) is 0. The molecule has 0 spiro atoms. The van der Waals surface area contributed by atoms with Gasteiger partial charge in [0, 0.05) is 16.5 Å². The zero-order chi connectivity index (χ0) is 15.6. The largest absolute Gasteiger partial charge is 0.505 e. The number of rotatable bonds is 17. The van der Waals surface area contributed by atoms with Crippen molar-refractivity contribution in [3.8, 4) is 0 Å². The molecule has 0 aromatic heterocycles. The van der Waals surface area contributed by atoms with E-state index < -0.39 is 8.03 Å². The molecule has 0 aliphatic carbocycles. The molecule has 1 N–H and O–H groups in total. The van der Waals surface area contributed by atoms with Crippen LogP contribution in [-0.2, 0) is 21.1 Å². The maximum absolute atomic E-state index is 10.5. The van der Waals surface area contributed by atoms with Crippen LogP contribution < -0.4 is 0 Å². The maximum atomic E-state index is 10.5. The molecule has 22 heavy (non-hydrogen) atoms. The van der Waals surface area contributed by atoms with Gasteiger partial charge in [-0.3, -0.25) is 0 Å². The molecule has 0 aliphatic rings. The summed E-state index contributed by atoms with van der Waals surface area (Å²) in [6, 6.07) is 0. The van der Waals surface area contributed by atoms with Gasteiger partial charge < -0.3 is 0 Å². The molecule has 4 heteroatoms. The molecule has 0 aromatic carbocycles. The van der Waals surface area contributed by atoms with E-state index in [1.54, 1.807) is 0 Å². The fourth-order valence-corrected chi connectivity index (χ4v) is 3.29. The van der Waals surface area contributed by atoms with Gasteiger partial charge in [-0.1, -0.05) is 96.8 Å². The normalized spacial score (nSPS) is 11.3. The van der Waals surface area contributed by atoms with E-state index in [9.17, 15) is 4.57 Å². The van der Waals surface area contributed by atoms with Crippen LogP contribution in [0.4, 0.5) is 0 Å². The van der Waals surface area contributed by atoms with Crippen molar-refractivity contribution in [2.45, 2.75) is 110 Å². The second-order valence-corrected chi connectivity index (χ2v) is 7.53. The van der Waals surface area contributed by atoms with E-state index in [0.717, 1.165) is 12.8 Å². The van der Waals surface area contributed by atoms with Crippen LogP contribution in [0, 0.1) is 0 Å². The zero-order valence-corrected chi connectivity index (χ0v) is 16.5. The Morgan fingerprint density at radius 2 is 0.864 bits per heavy atom. The Kier molecular flexibility index (Phi) is 24.3. The van der Waals surface area contributed by atoms with Gasteiger partial charge in [0.1, 0.15) is 0 Å². The monoisotopic (exact) mass is 375 g/mol. The standard InChI is InChI=1S/C18H37O2P.Ni/c1-2-3-4-5-6-7-8-9-10-11-12-13-14-15-16-17-18-21(19)20;/h2-18H2,1H3;/p+1. The summed E-state index contributed by atoms with van der Waals surface area (Å²) in [5, 5.41) is 0. The number of unbranched alkanes of at least 4 members (excludes halogenated alkanes) is 15. The van der Waals surface area contributed by atoms with E-state index in [0.29, 0.717) is 6.16 Å². The molecule has 1 atom stereocenters. The van der Waals surface area contributed by atoms with Gasteiger partial charge in [0.25, 0.3) is 0 Å². The maximum Gasteiger partial charge on any atom is 0.505 e. The first-order chi connectivity index (χ1) is 10.3. The van der Waals surface area contributed by atoms with Gasteiger partial charge in [-0.15, -0.1) is 0 Å². The van der Waals surface area contributed by atoms with E-state index in [-0.39, 0.29) is 16.5 Å². The summed E-state index contributed by atoms with van der Waals surface area (Å²) in [7, 11) is -1.89. The van der Waals surface area contributed by atoms with E-state index in [4.69, 9.17) is 4.89 Å². The van der Waals surface area contributed by atoms with Gasteiger partial charge in [-0.25, -0.2) is 0 Å². The Hall–Kier alpha value is 0.554. The Morgan fingerprint density at radius 3 is 1.14 bits per heavy atom. The number of hydrogen-bond donors (Lipinski definition) is 1. The molecular formula is C18H38NiO2P+. The molecule has 0 fully saturated rings. The SMILES string of the molecule is CCCCCCCCCCCCCCCCCC[P+](=O)O.[Ni]. The molecule has 0 heterocycles. The fourth-order valence-electron chi connectivity index (χ4n) is 2.80. The molecule has 136 valence electrons. The Bertz CT molecular complexity index is 225. The van der Waals surface area contributed by atoms with Crippen LogP contribution in [-0.4, -0.2) is 11.1 Å². The van der Waals surface area contributed by atoms with E-state index in [1.807, 2.05) is 0 Å². The van der Waals surface area contributed by atoms with Crippen molar-refractivity contribution < 1.29 is 25.9 Å². The fraction of sp³-hybridized carbons (Fsp3) is 1.00. The predicted molar refractivity (Wildman–Crippen MR) is 94.2 cm³/mol. The van der Waals surface area contributed by atoms with Crippen molar-refractivity contribution in [3.63, 3.8) is 0 Å². The zero-order valence-electron chi connectivity index (χ0n) is 14.6. The summed E-state index contributed by atoms with van der Waals surface area (Å²) in [6.07, 6.45) is 22.0. The molecule has 0 saturated carbocycles. The topological polar surface area (TPSA) is 37.3 Å². The Labute approximate surface area is 150 Å². The predicted octanol–water partition coefficient (Wildman–Crippen LogP) is 6.98. The van der Waals surface area contributed by atoms with Crippen LogP contribution in [0.5, 0.6) is 0 Å². The average molecular weight is 376 g/mol. The molecule has 0 rings (SSSR count). The Balaban J connectivity index is 0. The van der Waals surface area contributed by atoms with Gasteiger partial charge in [0.15, 0.2) is 6.16 Å². The van der Waals surface area contributed by atoms with Crippen molar-refractivity contribution in [2.24, 2.45) is 0 Å². The van der Waals surface area contributed by atoms with Crippen LogP contribution in [0.25, 0.3) is 0 Å². The molecule has 0 amide bonds. The van der Waals surface area contributed by atoms with Crippen molar-refractivity contribution in [2.75, 3.05) is 6.16 Å². The summed E-state index contributed by atoms with van der Waals surface area (Å²) in [6.45, 7) is 2.28. The second-order valence-electron chi connectivity index (χ2n) is 6.38. The second kappa shape index (κ2) is 21.6. The van der Waals surface area contributed by atoms with E-state index >= 15 is 0 Å². The molecular weight excluding hydrogens is 338 g/mol. The Morgan fingerprint density at radius 1 is 0.591 bits per heavy atom. The molecule has 0 bridgehead atoms. The van der Waals surface area contributed by atoms with Crippen molar-refractivity contribution >= 4 is 8.03 Å². The van der Waals surface area contributed by atoms with Gasteiger partial charge in [-0.05, 0) is 17.4 Å². The molecule has 0 radical (unpaired) electrons. The van der Waals surface area contributed by atoms with Crippen LogP contribution in [0.1, 0.15) is 110 Å². The van der Waals surface area contributed by atoms with Gasteiger partial charge in [-0.2, -0.15) is 4.89 Å². The first kappa shape index (κ1) is 24.8. The van der Waals surface area contributed by atoms with Crippen molar-refractivity contribution in [1.29, 1.82) is 0 Å². The molecule has 0 aliphatic heterocycles. The third kappa shape index (κ3) is 22.8. The minimum absolute atomic E-state index is 0. The van der Waals surface area contributed by atoms with E-state index in [1.165, 1.54) is 89.9 Å². The summed E-state index contributed by atoms with van der Waals surface area (Å²) >= 11 is 0. The third-order valence-corrected chi connectivity index (χ3v) is 4.90. The summed E-state index contributed by atoms with van der Waals surface area (Å²) in [4.78, 5) is 8.68. The van der Waals surface area contributed by atoms with Gasteiger partial charge in [0.2, 0.25) is 0 Å². The minimum atomic E-state index is -1.89. The molecule has 0 saturated heterocycles. The molecule has 0 aromatic rings. The summed E-state index contributed by atoms with van der Waals surface area (Å²) in [5.41, 5.74) is 0. The minimum Gasteiger partial charge on any atom is -0.161 e. The first-order valence-corrected chi connectivity index (χ1v) is 10.8. The molecule has 1 unspecified atom stereocenters. The smallest absolute Gasteiger partial charge is 0.161 e. The van der Waals surface area contributed by atoms with Crippen molar-refractivity contribution in [3.05, 3.63) is 0 Å². The van der Waals surface area contributed by atoms with Crippen molar-refractivity contribution in [1.82, 2.24) is 0 Å². The van der Waals surface area contributed by atoms with Crippen LogP contribution in [0.15, 0.2) is 0 Å². The van der Waals surface area contributed by atoms with Gasteiger partial charge >= 0.3 is 8.03 Å². The third-order valence-electron chi connectivity index (χ3n) is 4.20. The van der Waals surface area contributed by atoms with Crippen LogP contribution >= 0.6 is 8.03 Å². The van der Waals surface area contributed by atoms with Gasteiger partial charge in [0.05, 0.1) is 0 Å². The van der Waals surface area contributed by atoms with Crippen LogP contribution in [0.2, 0.25) is 0 Å². The van der Waals surface area contributed by atoms with Crippen LogP contribution in [0.3, 0.4) is 0 Å². The first-order valence-electron chi connectivity index (χ1n) is 9.41.